The summed E-state index contributed by atoms with van der Waals surface area (Å²) in [6.07, 6.45) is 1.09. The molecule has 0 aliphatic carbocycles. The molecule has 2 aromatic rings. The van der Waals surface area contributed by atoms with E-state index in [0.29, 0.717) is 6.04 Å². The molecule has 0 amide bonds. The fourth-order valence-corrected chi connectivity index (χ4v) is 3.22. The maximum atomic E-state index is 6.05. The van der Waals surface area contributed by atoms with Crippen LogP contribution in [0.4, 0.5) is 5.69 Å². The van der Waals surface area contributed by atoms with E-state index in [1.165, 1.54) is 10.4 Å². The maximum Gasteiger partial charge on any atom is 0.0371 e. The number of hydrogen-bond donors (Lipinski definition) is 1. The fourth-order valence-electron chi connectivity index (χ4n) is 2.01. The molecule has 0 saturated carbocycles. The summed E-state index contributed by atoms with van der Waals surface area (Å²) in [5, 5.41) is 2.13. The number of likely N-dealkylation sites (N-methyl/N-ethyl adjacent to an activating group) is 1. The number of halogens is 1. The van der Waals surface area contributed by atoms with Crippen molar-refractivity contribution < 1.29 is 0 Å². The summed E-state index contributed by atoms with van der Waals surface area (Å²) in [7, 11) is 2.15. The average molecular weight is 339 g/mol. The van der Waals surface area contributed by atoms with Gasteiger partial charge in [0.2, 0.25) is 0 Å². The Morgan fingerprint density at radius 1 is 1.37 bits per heavy atom. The van der Waals surface area contributed by atoms with Gasteiger partial charge in [-0.05, 0) is 49.5 Å². The normalized spacial score (nSPS) is 12.8. The van der Waals surface area contributed by atoms with E-state index in [1.54, 1.807) is 0 Å². The molecule has 0 radical (unpaired) electrons. The lowest BCUT2D eigenvalue weighted by molar-refractivity contribution is 0.249. The Labute approximate surface area is 127 Å². The lowest BCUT2D eigenvalue weighted by Crippen LogP contribution is -2.30. The van der Waals surface area contributed by atoms with Gasteiger partial charge < -0.3 is 5.73 Å². The minimum Gasteiger partial charge on any atom is -0.398 e. The van der Waals surface area contributed by atoms with Crippen LogP contribution in [0.2, 0.25) is 0 Å². The zero-order valence-corrected chi connectivity index (χ0v) is 13.7. The van der Waals surface area contributed by atoms with Gasteiger partial charge in [-0.2, -0.15) is 0 Å². The second kappa shape index (κ2) is 6.55. The minimum absolute atomic E-state index is 0.502. The number of thiophene rings is 1. The Hall–Kier alpha value is -0.840. The second-order valence-corrected chi connectivity index (χ2v) is 6.84. The predicted molar refractivity (Wildman–Crippen MR) is 87.5 cm³/mol. The van der Waals surface area contributed by atoms with Crippen LogP contribution < -0.4 is 5.73 Å². The van der Waals surface area contributed by atoms with Crippen molar-refractivity contribution in [1.82, 2.24) is 4.90 Å². The van der Waals surface area contributed by atoms with Crippen molar-refractivity contribution in [3.8, 4) is 0 Å². The first-order valence-electron chi connectivity index (χ1n) is 6.33. The quantitative estimate of drug-likeness (QED) is 0.829. The molecule has 1 unspecified atom stereocenters. The summed E-state index contributed by atoms with van der Waals surface area (Å²) in [5.41, 5.74) is 8.09. The number of rotatable bonds is 5. The Kier molecular flexibility index (Phi) is 5.02. The van der Waals surface area contributed by atoms with Gasteiger partial charge in [0.1, 0.15) is 0 Å². The first kappa shape index (κ1) is 14.6. The molecule has 1 aromatic carbocycles. The van der Waals surface area contributed by atoms with Gasteiger partial charge in [0.15, 0.2) is 0 Å². The summed E-state index contributed by atoms with van der Waals surface area (Å²) in [4.78, 5) is 3.78. The van der Waals surface area contributed by atoms with Crippen LogP contribution in [0.15, 0.2) is 40.2 Å². The van der Waals surface area contributed by atoms with Crippen LogP contribution in [0.3, 0.4) is 0 Å². The molecule has 0 spiro atoms. The monoisotopic (exact) mass is 338 g/mol. The Morgan fingerprint density at radius 2 is 2.16 bits per heavy atom. The molecule has 0 aliphatic heterocycles. The standard InChI is InChI=1S/C15H19BrN2S/c1-11(8-14-4-3-7-19-14)18(2)10-12-5-6-13(16)9-15(12)17/h3-7,9,11H,8,10,17H2,1-2H3. The molecule has 0 saturated heterocycles. The molecule has 1 heterocycles. The number of nitrogen functional groups attached to an aromatic ring is 1. The fraction of sp³-hybridized carbons (Fsp3) is 0.333. The van der Waals surface area contributed by atoms with Gasteiger partial charge in [-0.25, -0.2) is 0 Å². The number of benzene rings is 1. The molecule has 4 heteroatoms. The van der Waals surface area contributed by atoms with Gasteiger partial charge in [-0.15, -0.1) is 11.3 Å². The number of hydrogen-bond acceptors (Lipinski definition) is 3. The maximum absolute atomic E-state index is 6.05. The zero-order chi connectivity index (χ0) is 13.8. The third-order valence-electron chi connectivity index (χ3n) is 3.36. The molecular formula is C15H19BrN2S. The molecule has 1 aromatic heterocycles. The number of nitrogens with zero attached hydrogens (tertiary/aromatic N) is 1. The second-order valence-electron chi connectivity index (χ2n) is 4.89. The van der Waals surface area contributed by atoms with Crippen LogP contribution in [0.1, 0.15) is 17.4 Å². The van der Waals surface area contributed by atoms with Crippen molar-refractivity contribution in [3.63, 3.8) is 0 Å². The van der Waals surface area contributed by atoms with E-state index < -0.39 is 0 Å². The van der Waals surface area contributed by atoms with E-state index in [1.807, 2.05) is 23.5 Å². The third-order valence-corrected chi connectivity index (χ3v) is 4.75. The molecule has 19 heavy (non-hydrogen) atoms. The Morgan fingerprint density at radius 3 is 2.79 bits per heavy atom. The van der Waals surface area contributed by atoms with Crippen LogP contribution in [0.5, 0.6) is 0 Å². The van der Waals surface area contributed by atoms with Crippen LogP contribution in [-0.2, 0) is 13.0 Å². The summed E-state index contributed by atoms with van der Waals surface area (Å²) in [6, 6.07) is 10.9. The smallest absolute Gasteiger partial charge is 0.0371 e. The van der Waals surface area contributed by atoms with Crippen molar-refractivity contribution in [3.05, 3.63) is 50.6 Å². The SMILES string of the molecule is CC(Cc1cccs1)N(C)Cc1ccc(Br)cc1N. The lowest BCUT2D eigenvalue weighted by atomic mass is 10.1. The molecular weight excluding hydrogens is 320 g/mol. The number of anilines is 1. The van der Waals surface area contributed by atoms with E-state index in [-0.39, 0.29) is 0 Å². The van der Waals surface area contributed by atoms with Crippen LogP contribution in [0.25, 0.3) is 0 Å². The Balaban J connectivity index is 1.98. The highest BCUT2D eigenvalue weighted by Gasteiger charge is 2.12. The van der Waals surface area contributed by atoms with E-state index >= 15 is 0 Å². The van der Waals surface area contributed by atoms with E-state index in [2.05, 4.69) is 58.4 Å². The highest BCUT2D eigenvalue weighted by molar-refractivity contribution is 9.10. The zero-order valence-electron chi connectivity index (χ0n) is 11.3. The number of nitrogens with two attached hydrogens (primary N) is 1. The molecule has 0 bridgehead atoms. The molecule has 2 rings (SSSR count). The largest absolute Gasteiger partial charge is 0.398 e. The molecule has 0 aliphatic rings. The van der Waals surface area contributed by atoms with Gasteiger partial charge in [0.05, 0.1) is 0 Å². The van der Waals surface area contributed by atoms with Crippen molar-refractivity contribution in [2.45, 2.75) is 25.9 Å². The van der Waals surface area contributed by atoms with Crippen molar-refractivity contribution >= 4 is 33.0 Å². The van der Waals surface area contributed by atoms with Gasteiger partial charge in [-0.3, -0.25) is 4.90 Å². The Bertz CT molecular complexity index is 525. The van der Waals surface area contributed by atoms with Crippen LogP contribution in [-0.4, -0.2) is 18.0 Å². The van der Waals surface area contributed by atoms with Crippen molar-refractivity contribution in [1.29, 1.82) is 0 Å². The van der Waals surface area contributed by atoms with E-state index in [0.717, 1.165) is 23.1 Å². The van der Waals surface area contributed by atoms with Crippen LogP contribution >= 0.6 is 27.3 Å². The first-order valence-corrected chi connectivity index (χ1v) is 8.00. The molecule has 2 N–H and O–H groups in total. The van der Waals surface area contributed by atoms with Gasteiger partial charge in [0, 0.05) is 27.6 Å². The highest BCUT2D eigenvalue weighted by atomic mass is 79.9. The minimum atomic E-state index is 0.502. The summed E-state index contributed by atoms with van der Waals surface area (Å²) >= 11 is 5.26. The van der Waals surface area contributed by atoms with Gasteiger partial charge >= 0.3 is 0 Å². The van der Waals surface area contributed by atoms with E-state index in [9.17, 15) is 0 Å². The molecule has 1 atom stereocenters. The third kappa shape index (κ3) is 4.06. The summed E-state index contributed by atoms with van der Waals surface area (Å²) in [6.45, 7) is 3.14. The van der Waals surface area contributed by atoms with Gasteiger partial charge in [-0.1, -0.05) is 28.1 Å². The van der Waals surface area contributed by atoms with Gasteiger partial charge in [0.25, 0.3) is 0 Å². The average Bonchev–Trinajstić information content (AvgIpc) is 2.85. The summed E-state index contributed by atoms with van der Waals surface area (Å²) in [5.74, 6) is 0. The predicted octanol–water partition coefficient (Wildman–Crippen LogP) is 4.16. The van der Waals surface area contributed by atoms with E-state index in [4.69, 9.17) is 5.73 Å². The van der Waals surface area contributed by atoms with Crippen LogP contribution in [0, 0.1) is 0 Å². The molecule has 0 fully saturated rings. The molecule has 2 nitrogen and oxygen atoms in total. The van der Waals surface area contributed by atoms with Crippen molar-refractivity contribution in [2.24, 2.45) is 0 Å². The van der Waals surface area contributed by atoms with Crippen molar-refractivity contribution in [2.75, 3.05) is 12.8 Å². The lowest BCUT2D eigenvalue weighted by Gasteiger charge is -2.25. The first-order chi connectivity index (χ1) is 9.06. The topological polar surface area (TPSA) is 29.3 Å². The molecule has 102 valence electrons. The summed E-state index contributed by atoms with van der Waals surface area (Å²) < 4.78 is 1.03. The highest BCUT2D eigenvalue weighted by Crippen LogP contribution is 2.21.